The van der Waals surface area contributed by atoms with Crippen LogP contribution in [-0.4, -0.2) is 51.5 Å². The van der Waals surface area contributed by atoms with Gasteiger partial charge in [0.1, 0.15) is 11.6 Å². The Morgan fingerprint density at radius 2 is 1.59 bits per heavy atom. The third-order valence-electron chi connectivity index (χ3n) is 10.3. The van der Waals surface area contributed by atoms with E-state index < -0.39 is 17.4 Å². The fourth-order valence-electron chi connectivity index (χ4n) is 8.33. The lowest BCUT2D eigenvalue weighted by molar-refractivity contribution is -0.133. The van der Waals surface area contributed by atoms with Gasteiger partial charge in [0.05, 0.1) is 26.2 Å². The summed E-state index contributed by atoms with van der Waals surface area (Å²) in [6.45, 7) is 0. The molecule has 0 radical (unpaired) electrons. The predicted octanol–water partition coefficient (Wildman–Crippen LogP) is 5.59. The first-order valence-electron chi connectivity index (χ1n) is 15.5. The molecule has 236 valence electrons. The SMILES string of the molecule is COc1cc(CCC(O)C(C(=O)CCc2cc(O)c(O)c(OC)c2)C2(c3ccnc(N)c3)CCCC23CCCC3)ccc1O. The molecule has 2 fully saturated rings. The van der Waals surface area contributed by atoms with Crippen molar-refractivity contribution in [3.8, 4) is 28.7 Å². The second-order valence-corrected chi connectivity index (χ2v) is 12.5. The molecule has 6 N–H and O–H groups in total. The van der Waals surface area contributed by atoms with E-state index in [9.17, 15) is 25.2 Å². The topological polar surface area (TPSA) is 155 Å². The summed E-state index contributed by atoms with van der Waals surface area (Å²) in [6, 6.07) is 12.1. The number of aryl methyl sites for hydroxylation is 2. The number of nitrogens with zero attached hydrogens (tertiary/aromatic N) is 1. The summed E-state index contributed by atoms with van der Waals surface area (Å²) in [5, 5.41) is 42.5. The number of Topliss-reactive ketones (excluding diaryl/α,β-unsaturated/α-hetero) is 1. The van der Waals surface area contributed by atoms with Crippen LogP contribution in [0.25, 0.3) is 0 Å². The van der Waals surface area contributed by atoms with Crippen LogP contribution in [0.1, 0.15) is 74.5 Å². The Bertz CT molecular complexity index is 1480. The van der Waals surface area contributed by atoms with Crippen LogP contribution in [0.5, 0.6) is 28.7 Å². The van der Waals surface area contributed by atoms with Gasteiger partial charge in [0, 0.05) is 18.0 Å². The molecule has 2 aromatic carbocycles. The number of phenols is 3. The Kier molecular flexibility index (Phi) is 9.25. The van der Waals surface area contributed by atoms with Gasteiger partial charge in [-0.15, -0.1) is 0 Å². The van der Waals surface area contributed by atoms with Crippen LogP contribution in [0, 0.1) is 11.3 Å². The largest absolute Gasteiger partial charge is 0.504 e. The number of nitrogens with two attached hydrogens (primary N) is 1. The number of anilines is 1. The molecular weight excluding hydrogens is 560 g/mol. The van der Waals surface area contributed by atoms with Crippen molar-refractivity contribution in [1.82, 2.24) is 4.98 Å². The normalized spacial score (nSPS) is 20.4. The van der Waals surface area contributed by atoms with Gasteiger partial charge in [-0.2, -0.15) is 0 Å². The van der Waals surface area contributed by atoms with Crippen molar-refractivity contribution >= 4 is 11.6 Å². The molecular formula is C35H44N2O7. The third kappa shape index (κ3) is 5.77. The number of methoxy groups -OCH3 is 2. The van der Waals surface area contributed by atoms with Crippen LogP contribution in [0.4, 0.5) is 5.82 Å². The number of hydrogen-bond acceptors (Lipinski definition) is 9. The highest BCUT2D eigenvalue weighted by molar-refractivity contribution is 5.84. The number of aromatic hydroxyl groups is 3. The van der Waals surface area contributed by atoms with Crippen LogP contribution in [0.3, 0.4) is 0 Å². The quantitative estimate of drug-likeness (QED) is 0.166. The van der Waals surface area contributed by atoms with Crippen LogP contribution in [0.15, 0.2) is 48.7 Å². The molecule has 1 spiro atoms. The van der Waals surface area contributed by atoms with Gasteiger partial charge in [0.2, 0.25) is 5.75 Å². The molecule has 0 aliphatic heterocycles. The number of aliphatic hydroxyl groups excluding tert-OH is 1. The highest BCUT2D eigenvalue weighted by Crippen LogP contribution is 2.66. The summed E-state index contributed by atoms with van der Waals surface area (Å²) in [7, 11) is 2.90. The summed E-state index contributed by atoms with van der Waals surface area (Å²) in [5.74, 6) is -0.454. The molecule has 2 saturated carbocycles. The monoisotopic (exact) mass is 604 g/mol. The second kappa shape index (κ2) is 12.9. The maximum atomic E-state index is 14.6. The zero-order valence-corrected chi connectivity index (χ0v) is 25.6. The van der Waals surface area contributed by atoms with Gasteiger partial charge in [0.15, 0.2) is 23.0 Å². The van der Waals surface area contributed by atoms with Crippen molar-refractivity contribution < 1.29 is 34.7 Å². The fraction of sp³-hybridized carbons (Fsp3) is 0.486. The molecule has 9 heteroatoms. The number of pyridine rings is 1. The fourth-order valence-corrected chi connectivity index (χ4v) is 8.33. The lowest BCUT2D eigenvalue weighted by Gasteiger charge is -2.51. The van der Waals surface area contributed by atoms with Crippen LogP contribution < -0.4 is 15.2 Å². The van der Waals surface area contributed by atoms with E-state index in [0.29, 0.717) is 36.4 Å². The van der Waals surface area contributed by atoms with Gasteiger partial charge in [-0.3, -0.25) is 4.79 Å². The average Bonchev–Trinajstić information content (AvgIpc) is 3.65. The first-order chi connectivity index (χ1) is 21.1. The smallest absolute Gasteiger partial charge is 0.200 e. The van der Waals surface area contributed by atoms with Crippen LogP contribution in [0.2, 0.25) is 0 Å². The number of nitrogen functional groups attached to an aromatic ring is 1. The van der Waals surface area contributed by atoms with Gasteiger partial charge in [-0.25, -0.2) is 4.98 Å². The van der Waals surface area contributed by atoms with Crippen LogP contribution in [-0.2, 0) is 23.1 Å². The van der Waals surface area contributed by atoms with Crippen molar-refractivity contribution in [3.63, 3.8) is 0 Å². The number of carbonyl (C=O) groups is 1. The molecule has 2 aliphatic carbocycles. The molecule has 3 atom stereocenters. The summed E-state index contributed by atoms with van der Waals surface area (Å²) >= 11 is 0. The minimum atomic E-state index is -0.949. The minimum Gasteiger partial charge on any atom is -0.504 e. The van der Waals surface area contributed by atoms with Crippen molar-refractivity contribution in [2.24, 2.45) is 11.3 Å². The number of rotatable bonds is 12. The molecule has 9 nitrogen and oxygen atoms in total. The van der Waals surface area contributed by atoms with E-state index in [0.717, 1.165) is 56.1 Å². The predicted molar refractivity (Wildman–Crippen MR) is 167 cm³/mol. The molecule has 2 aliphatic rings. The van der Waals surface area contributed by atoms with E-state index in [1.54, 1.807) is 30.5 Å². The van der Waals surface area contributed by atoms with Gasteiger partial charge < -0.3 is 35.6 Å². The van der Waals surface area contributed by atoms with Crippen molar-refractivity contribution in [3.05, 3.63) is 65.4 Å². The Morgan fingerprint density at radius 1 is 0.886 bits per heavy atom. The molecule has 44 heavy (non-hydrogen) atoms. The van der Waals surface area contributed by atoms with Crippen LogP contribution >= 0.6 is 0 Å². The first kappa shape index (κ1) is 31.4. The molecule has 0 bridgehead atoms. The second-order valence-electron chi connectivity index (χ2n) is 12.5. The molecule has 3 aromatic rings. The number of hydrogen-bond donors (Lipinski definition) is 5. The van der Waals surface area contributed by atoms with Gasteiger partial charge in [0.25, 0.3) is 0 Å². The summed E-state index contributed by atoms with van der Waals surface area (Å²) < 4.78 is 10.5. The number of aromatic nitrogens is 1. The summed E-state index contributed by atoms with van der Waals surface area (Å²) in [5.41, 5.74) is 8.00. The van der Waals surface area contributed by atoms with E-state index in [1.807, 2.05) is 12.1 Å². The van der Waals surface area contributed by atoms with Crippen molar-refractivity contribution in [1.29, 1.82) is 0 Å². The van der Waals surface area contributed by atoms with E-state index in [1.165, 1.54) is 20.3 Å². The molecule has 0 saturated heterocycles. The third-order valence-corrected chi connectivity index (χ3v) is 10.3. The number of carbonyl (C=O) groups excluding carboxylic acids is 1. The Hall–Kier alpha value is -3.98. The number of phenolic OH excluding ortho intramolecular Hbond substituents is 3. The zero-order valence-electron chi connectivity index (χ0n) is 25.6. The maximum absolute atomic E-state index is 14.6. The molecule has 5 rings (SSSR count). The lowest BCUT2D eigenvalue weighted by Crippen LogP contribution is -2.53. The molecule has 1 heterocycles. The van der Waals surface area contributed by atoms with Crippen molar-refractivity contribution in [2.75, 3.05) is 20.0 Å². The molecule has 1 aromatic heterocycles. The minimum absolute atomic E-state index is 0.0455. The summed E-state index contributed by atoms with van der Waals surface area (Å²) in [4.78, 5) is 18.9. The Morgan fingerprint density at radius 3 is 2.30 bits per heavy atom. The van der Waals surface area contributed by atoms with Gasteiger partial charge >= 0.3 is 0 Å². The van der Waals surface area contributed by atoms with Crippen molar-refractivity contribution in [2.45, 2.75) is 82.1 Å². The number of aliphatic hydroxyl groups is 1. The first-order valence-corrected chi connectivity index (χ1v) is 15.5. The highest BCUT2D eigenvalue weighted by atomic mass is 16.5. The van der Waals surface area contributed by atoms with Gasteiger partial charge in [-0.1, -0.05) is 25.3 Å². The maximum Gasteiger partial charge on any atom is 0.200 e. The van der Waals surface area contributed by atoms with E-state index >= 15 is 0 Å². The summed E-state index contributed by atoms with van der Waals surface area (Å²) in [6.07, 6.45) is 8.90. The van der Waals surface area contributed by atoms with E-state index in [2.05, 4.69) is 4.98 Å². The lowest BCUT2D eigenvalue weighted by atomic mass is 9.52. The Balaban J connectivity index is 1.53. The molecule has 3 unspecified atom stereocenters. The number of ether oxygens (including phenoxy) is 2. The zero-order chi connectivity index (χ0) is 31.5. The molecule has 0 amide bonds. The van der Waals surface area contributed by atoms with E-state index in [-0.39, 0.29) is 40.6 Å². The standard InChI is InChI=1S/C35H44N2O7/c1-43-29-19-22(6-9-25(29)38)7-10-26(39)32(27(40)11-8-23-18-28(41)33(42)30(20-23)44-2)35(24-12-17-37-31(36)21-24)16-5-15-34(35)13-3-4-14-34/h6,9,12,17-21,26,32,38-39,41-42H,3-5,7-8,10-11,13-16H2,1-2H3,(H2,36,37). The van der Waals surface area contributed by atoms with E-state index in [4.69, 9.17) is 15.2 Å². The Labute approximate surface area is 258 Å². The highest BCUT2D eigenvalue weighted by Gasteiger charge is 2.62. The average molecular weight is 605 g/mol. The number of benzene rings is 2. The number of ketones is 1. The van der Waals surface area contributed by atoms with Gasteiger partial charge in [-0.05, 0) is 103 Å².